The van der Waals surface area contributed by atoms with Gasteiger partial charge in [0.1, 0.15) is 5.82 Å². The lowest BCUT2D eigenvalue weighted by Crippen LogP contribution is -2.39. The maximum Gasteiger partial charge on any atom is 0.255 e. The second-order valence-corrected chi connectivity index (χ2v) is 7.43. The van der Waals surface area contributed by atoms with Crippen LogP contribution in [0.1, 0.15) is 49.5 Å². The van der Waals surface area contributed by atoms with Crippen molar-refractivity contribution in [1.82, 2.24) is 9.80 Å². The van der Waals surface area contributed by atoms with E-state index in [0.717, 1.165) is 32.5 Å². The molecular formula is C23H30ClFN2O. The largest absolute Gasteiger partial charge is 0.331 e. The van der Waals surface area contributed by atoms with Gasteiger partial charge in [-0.1, -0.05) is 55.8 Å². The average molecular weight is 405 g/mol. The van der Waals surface area contributed by atoms with E-state index < -0.39 is 0 Å². The third kappa shape index (κ3) is 6.05. The Morgan fingerprint density at radius 1 is 1.07 bits per heavy atom. The van der Waals surface area contributed by atoms with Gasteiger partial charge >= 0.3 is 0 Å². The molecule has 0 bridgehead atoms. The molecule has 0 saturated carbocycles. The first-order valence-electron chi connectivity index (χ1n) is 9.99. The number of rotatable bonds is 10. The van der Waals surface area contributed by atoms with Crippen molar-refractivity contribution in [2.75, 3.05) is 19.6 Å². The summed E-state index contributed by atoms with van der Waals surface area (Å²) in [7, 11) is 0. The van der Waals surface area contributed by atoms with Crippen LogP contribution < -0.4 is 0 Å². The Kier molecular flexibility index (Phi) is 8.94. The van der Waals surface area contributed by atoms with Crippen LogP contribution in [0.15, 0.2) is 48.5 Å². The summed E-state index contributed by atoms with van der Waals surface area (Å²) in [6, 6.07) is 13.6. The van der Waals surface area contributed by atoms with E-state index >= 15 is 0 Å². The Balaban J connectivity index is 2.19. The van der Waals surface area contributed by atoms with Gasteiger partial charge in [-0.05, 0) is 57.6 Å². The van der Waals surface area contributed by atoms with Crippen LogP contribution in [-0.4, -0.2) is 41.4 Å². The van der Waals surface area contributed by atoms with Crippen LogP contribution in [-0.2, 0) is 6.54 Å². The van der Waals surface area contributed by atoms with E-state index in [2.05, 4.69) is 18.7 Å². The predicted octanol–water partition coefficient (Wildman–Crippen LogP) is 5.63. The minimum absolute atomic E-state index is 0.0288. The van der Waals surface area contributed by atoms with Crippen LogP contribution in [0, 0.1) is 5.82 Å². The maximum atomic E-state index is 14.2. The Morgan fingerprint density at radius 3 is 2.36 bits per heavy atom. The molecule has 1 unspecified atom stereocenters. The molecule has 152 valence electrons. The highest BCUT2D eigenvalue weighted by Crippen LogP contribution is 2.22. The number of hydrogen-bond acceptors (Lipinski definition) is 2. The third-order valence-corrected chi connectivity index (χ3v) is 5.52. The first-order valence-corrected chi connectivity index (χ1v) is 10.4. The van der Waals surface area contributed by atoms with Gasteiger partial charge in [-0.2, -0.15) is 0 Å². The van der Waals surface area contributed by atoms with Gasteiger partial charge in [0, 0.05) is 18.2 Å². The van der Waals surface area contributed by atoms with Gasteiger partial charge in [0.15, 0.2) is 0 Å². The summed E-state index contributed by atoms with van der Waals surface area (Å²) in [6.45, 7) is 9.58. The van der Waals surface area contributed by atoms with Gasteiger partial charge in [-0.15, -0.1) is 0 Å². The van der Waals surface area contributed by atoms with E-state index in [0.29, 0.717) is 16.1 Å². The topological polar surface area (TPSA) is 23.6 Å². The zero-order valence-electron chi connectivity index (χ0n) is 17.0. The first-order chi connectivity index (χ1) is 13.5. The summed E-state index contributed by atoms with van der Waals surface area (Å²) in [5.74, 6) is -0.459. The molecule has 2 aromatic carbocycles. The number of carbonyl (C=O) groups is 1. The Hall–Kier alpha value is -1.91. The van der Waals surface area contributed by atoms with Crippen molar-refractivity contribution in [2.45, 2.75) is 46.2 Å². The normalized spacial score (nSPS) is 12.2. The molecule has 1 atom stereocenters. The Bertz CT molecular complexity index is 764. The molecule has 0 saturated heterocycles. The van der Waals surface area contributed by atoms with Crippen LogP contribution in [0.3, 0.4) is 0 Å². The molecule has 0 N–H and O–H groups in total. The SMILES string of the molecule is CCN(CC)CCCC(C)N(Cc1ccccc1F)C(=O)c1ccccc1Cl. The molecule has 0 aromatic heterocycles. The molecule has 0 heterocycles. The second-order valence-electron chi connectivity index (χ2n) is 7.02. The van der Waals surface area contributed by atoms with Gasteiger partial charge in [-0.3, -0.25) is 4.79 Å². The smallest absolute Gasteiger partial charge is 0.255 e. The predicted molar refractivity (Wildman–Crippen MR) is 114 cm³/mol. The fraction of sp³-hybridized carbons (Fsp3) is 0.435. The number of benzene rings is 2. The fourth-order valence-electron chi connectivity index (χ4n) is 3.33. The van der Waals surface area contributed by atoms with Gasteiger partial charge < -0.3 is 9.80 Å². The van der Waals surface area contributed by atoms with E-state index in [1.807, 2.05) is 6.92 Å². The van der Waals surface area contributed by atoms with Crippen molar-refractivity contribution >= 4 is 17.5 Å². The van der Waals surface area contributed by atoms with Crippen molar-refractivity contribution in [3.63, 3.8) is 0 Å². The highest BCUT2D eigenvalue weighted by molar-refractivity contribution is 6.33. The molecule has 1 amide bonds. The molecular weight excluding hydrogens is 375 g/mol. The molecule has 28 heavy (non-hydrogen) atoms. The van der Waals surface area contributed by atoms with E-state index in [-0.39, 0.29) is 24.3 Å². The summed E-state index contributed by atoms with van der Waals surface area (Å²) in [4.78, 5) is 17.3. The molecule has 0 aliphatic carbocycles. The number of halogens is 2. The molecule has 2 rings (SSSR count). The molecule has 5 heteroatoms. The van der Waals surface area contributed by atoms with E-state index in [1.165, 1.54) is 6.07 Å². The standard InChI is InChI=1S/C23H30ClFN2O/c1-4-26(5-2)16-10-11-18(3)27(17-19-12-6-9-15-22(19)25)23(28)20-13-7-8-14-21(20)24/h6-9,12-15,18H,4-5,10-11,16-17H2,1-3H3. The lowest BCUT2D eigenvalue weighted by molar-refractivity contribution is 0.0660. The van der Waals surface area contributed by atoms with Crippen LogP contribution in [0.2, 0.25) is 5.02 Å². The molecule has 0 radical (unpaired) electrons. The van der Waals surface area contributed by atoms with Crippen LogP contribution in [0.5, 0.6) is 0 Å². The highest BCUT2D eigenvalue weighted by atomic mass is 35.5. The maximum absolute atomic E-state index is 14.2. The monoisotopic (exact) mass is 404 g/mol. The number of hydrogen-bond donors (Lipinski definition) is 0. The molecule has 0 fully saturated rings. The number of carbonyl (C=O) groups excluding carboxylic acids is 1. The zero-order chi connectivity index (χ0) is 20.5. The van der Waals surface area contributed by atoms with Crippen molar-refractivity contribution < 1.29 is 9.18 Å². The third-order valence-electron chi connectivity index (χ3n) is 5.19. The van der Waals surface area contributed by atoms with Gasteiger partial charge in [-0.25, -0.2) is 4.39 Å². The summed E-state index contributed by atoms with van der Waals surface area (Å²) < 4.78 is 14.2. The summed E-state index contributed by atoms with van der Waals surface area (Å²) in [5, 5.41) is 0.418. The molecule has 0 aliphatic heterocycles. The quantitative estimate of drug-likeness (QED) is 0.512. The summed E-state index contributed by atoms with van der Waals surface area (Å²) in [6.07, 6.45) is 1.83. The van der Waals surface area contributed by atoms with E-state index in [4.69, 9.17) is 11.6 Å². The molecule has 3 nitrogen and oxygen atoms in total. The molecule has 2 aromatic rings. The Morgan fingerprint density at radius 2 is 1.71 bits per heavy atom. The zero-order valence-corrected chi connectivity index (χ0v) is 17.8. The van der Waals surface area contributed by atoms with Crippen molar-refractivity contribution in [2.24, 2.45) is 0 Å². The van der Waals surface area contributed by atoms with Crippen molar-refractivity contribution in [3.8, 4) is 0 Å². The highest BCUT2D eigenvalue weighted by Gasteiger charge is 2.24. The minimum Gasteiger partial charge on any atom is -0.331 e. The van der Waals surface area contributed by atoms with Gasteiger partial charge in [0.05, 0.1) is 10.6 Å². The summed E-state index contributed by atoms with van der Waals surface area (Å²) >= 11 is 6.26. The van der Waals surface area contributed by atoms with E-state index in [1.54, 1.807) is 47.4 Å². The Labute approximate surface area is 173 Å². The average Bonchev–Trinajstić information content (AvgIpc) is 2.70. The van der Waals surface area contributed by atoms with Crippen LogP contribution in [0.4, 0.5) is 4.39 Å². The van der Waals surface area contributed by atoms with Crippen LogP contribution in [0.25, 0.3) is 0 Å². The molecule has 0 aliphatic rings. The second kappa shape index (κ2) is 11.2. The van der Waals surface area contributed by atoms with Crippen molar-refractivity contribution in [1.29, 1.82) is 0 Å². The lowest BCUT2D eigenvalue weighted by Gasteiger charge is -2.31. The number of amides is 1. The summed E-state index contributed by atoms with van der Waals surface area (Å²) in [5.41, 5.74) is 0.967. The van der Waals surface area contributed by atoms with Gasteiger partial charge in [0.2, 0.25) is 0 Å². The number of nitrogens with zero attached hydrogens (tertiary/aromatic N) is 2. The van der Waals surface area contributed by atoms with Crippen LogP contribution >= 0.6 is 11.6 Å². The van der Waals surface area contributed by atoms with Gasteiger partial charge in [0.25, 0.3) is 5.91 Å². The van der Waals surface area contributed by atoms with E-state index in [9.17, 15) is 9.18 Å². The van der Waals surface area contributed by atoms with Crippen molar-refractivity contribution in [3.05, 3.63) is 70.5 Å². The fourth-order valence-corrected chi connectivity index (χ4v) is 3.55. The first kappa shape index (κ1) is 22.4. The minimum atomic E-state index is -0.296. The molecule has 0 spiro atoms. The lowest BCUT2D eigenvalue weighted by atomic mass is 10.1.